The molecule has 0 radical (unpaired) electrons. The average molecular weight is 943 g/mol. The summed E-state index contributed by atoms with van der Waals surface area (Å²) in [6.07, 6.45) is 70.0. The topological polar surface area (TPSA) is 95.9 Å². The molecule has 0 rings (SSSR count). The van der Waals surface area contributed by atoms with E-state index in [2.05, 4.69) is 55.6 Å². The predicted molar refractivity (Wildman–Crippen MR) is 292 cm³/mol. The summed E-state index contributed by atoms with van der Waals surface area (Å²) in [6.45, 7) is 4.86. The summed E-state index contributed by atoms with van der Waals surface area (Å²) in [4.78, 5) is 24.6. The van der Waals surface area contributed by atoms with E-state index in [1.54, 1.807) is 0 Å². The van der Waals surface area contributed by atoms with Gasteiger partial charge in [0.25, 0.3) is 0 Å². The zero-order chi connectivity index (χ0) is 48.6. The molecule has 0 heterocycles. The fourth-order valence-corrected chi connectivity index (χ4v) is 9.08. The van der Waals surface area contributed by atoms with Crippen LogP contribution in [0.3, 0.4) is 0 Å². The lowest BCUT2D eigenvalue weighted by molar-refractivity contribution is -0.143. The smallest absolute Gasteiger partial charge is 0.305 e. The number of nitrogens with one attached hydrogen (secondary N) is 1. The fraction of sp³-hybridized carbons (Fsp3) is 0.869. The SMILES string of the molecule is CCCCCC/C=C\C/C=C\CCCCCCCC(=O)OCCCC/C=C\CCCCCCC(=O)NC(CO)C(O)CCCCCCCCCCCCCCCCCCCCCCCCCC. The van der Waals surface area contributed by atoms with Gasteiger partial charge >= 0.3 is 5.97 Å². The van der Waals surface area contributed by atoms with Crippen LogP contribution < -0.4 is 5.32 Å². The number of rotatable bonds is 55. The fourth-order valence-electron chi connectivity index (χ4n) is 9.08. The van der Waals surface area contributed by atoms with E-state index in [1.807, 2.05) is 0 Å². The van der Waals surface area contributed by atoms with Gasteiger partial charge < -0.3 is 20.3 Å². The van der Waals surface area contributed by atoms with Gasteiger partial charge in [0.05, 0.1) is 25.4 Å². The van der Waals surface area contributed by atoms with Crippen LogP contribution >= 0.6 is 0 Å². The molecule has 0 aliphatic rings. The van der Waals surface area contributed by atoms with Gasteiger partial charge in [-0.05, 0) is 83.5 Å². The first-order chi connectivity index (χ1) is 33.0. The molecule has 0 spiro atoms. The number of allylic oxidation sites excluding steroid dienone is 6. The molecule has 0 bridgehead atoms. The zero-order valence-corrected chi connectivity index (χ0v) is 44.9. The van der Waals surface area contributed by atoms with Crippen LogP contribution in [0.5, 0.6) is 0 Å². The number of unbranched alkanes of at least 4 members (excludes halogenated alkanes) is 38. The summed E-state index contributed by atoms with van der Waals surface area (Å²) < 4.78 is 5.44. The first kappa shape index (κ1) is 65.1. The Bertz CT molecular complexity index is 1090. The molecule has 0 aromatic rings. The monoisotopic (exact) mass is 942 g/mol. The minimum Gasteiger partial charge on any atom is -0.466 e. The first-order valence-electron chi connectivity index (χ1n) is 29.7. The van der Waals surface area contributed by atoms with Gasteiger partial charge in [-0.3, -0.25) is 9.59 Å². The second kappa shape index (κ2) is 56.7. The molecule has 6 nitrogen and oxygen atoms in total. The number of carbonyl (C=O) groups is 2. The van der Waals surface area contributed by atoms with Crippen molar-refractivity contribution in [2.75, 3.05) is 13.2 Å². The summed E-state index contributed by atoms with van der Waals surface area (Å²) in [5, 5.41) is 23.3. The number of carbonyl (C=O) groups excluding carboxylic acids is 2. The highest BCUT2D eigenvalue weighted by atomic mass is 16.5. The Morgan fingerprint density at radius 2 is 0.746 bits per heavy atom. The van der Waals surface area contributed by atoms with Crippen LogP contribution in [-0.2, 0) is 14.3 Å². The summed E-state index contributed by atoms with van der Waals surface area (Å²) in [5.41, 5.74) is 0. The molecular weight excluding hydrogens is 827 g/mol. The number of aliphatic hydroxyl groups excluding tert-OH is 2. The summed E-state index contributed by atoms with van der Waals surface area (Å²) >= 11 is 0. The van der Waals surface area contributed by atoms with E-state index in [9.17, 15) is 19.8 Å². The Morgan fingerprint density at radius 1 is 0.418 bits per heavy atom. The average Bonchev–Trinajstić information content (AvgIpc) is 3.33. The predicted octanol–water partition coefficient (Wildman–Crippen LogP) is 18.4. The molecule has 0 aromatic carbocycles. The van der Waals surface area contributed by atoms with Gasteiger partial charge in [-0.2, -0.15) is 0 Å². The van der Waals surface area contributed by atoms with Crippen molar-refractivity contribution in [3.63, 3.8) is 0 Å². The highest BCUT2D eigenvalue weighted by Crippen LogP contribution is 2.17. The highest BCUT2D eigenvalue weighted by molar-refractivity contribution is 5.76. The molecule has 0 saturated carbocycles. The second-order valence-electron chi connectivity index (χ2n) is 20.3. The lowest BCUT2D eigenvalue weighted by Crippen LogP contribution is -2.45. The van der Waals surface area contributed by atoms with Crippen LogP contribution in [0.25, 0.3) is 0 Å². The van der Waals surface area contributed by atoms with Crippen molar-refractivity contribution in [1.82, 2.24) is 5.32 Å². The lowest BCUT2D eigenvalue weighted by atomic mass is 10.0. The Balaban J connectivity index is 3.51. The molecule has 1 amide bonds. The number of aliphatic hydroxyl groups is 2. The second-order valence-corrected chi connectivity index (χ2v) is 20.3. The van der Waals surface area contributed by atoms with E-state index in [-0.39, 0.29) is 18.5 Å². The molecule has 2 atom stereocenters. The van der Waals surface area contributed by atoms with E-state index in [0.717, 1.165) is 89.9 Å². The van der Waals surface area contributed by atoms with Crippen LogP contribution in [0.15, 0.2) is 36.5 Å². The largest absolute Gasteiger partial charge is 0.466 e. The van der Waals surface area contributed by atoms with E-state index in [0.29, 0.717) is 25.9 Å². The van der Waals surface area contributed by atoms with Crippen LogP contribution in [0.4, 0.5) is 0 Å². The minimum absolute atomic E-state index is 0.0491. The first-order valence-corrected chi connectivity index (χ1v) is 29.7. The van der Waals surface area contributed by atoms with Gasteiger partial charge in [-0.15, -0.1) is 0 Å². The Morgan fingerprint density at radius 3 is 1.16 bits per heavy atom. The maximum absolute atomic E-state index is 12.5. The van der Waals surface area contributed by atoms with Gasteiger partial charge in [0.15, 0.2) is 0 Å². The third-order valence-electron chi connectivity index (χ3n) is 13.7. The van der Waals surface area contributed by atoms with Crippen molar-refractivity contribution in [3.8, 4) is 0 Å². The summed E-state index contributed by atoms with van der Waals surface area (Å²) in [7, 11) is 0. The van der Waals surface area contributed by atoms with Crippen molar-refractivity contribution < 1.29 is 24.5 Å². The number of amides is 1. The van der Waals surface area contributed by atoms with Crippen LogP contribution in [-0.4, -0.2) is 47.4 Å². The third kappa shape index (κ3) is 53.3. The van der Waals surface area contributed by atoms with Crippen molar-refractivity contribution in [1.29, 1.82) is 0 Å². The van der Waals surface area contributed by atoms with Crippen LogP contribution in [0.2, 0.25) is 0 Å². The van der Waals surface area contributed by atoms with E-state index < -0.39 is 12.1 Å². The minimum atomic E-state index is -0.689. The number of hydrogen-bond donors (Lipinski definition) is 3. The van der Waals surface area contributed by atoms with Crippen LogP contribution in [0, 0.1) is 0 Å². The third-order valence-corrected chi connectivity index (χ3v) is 13.7. The summed E-state index contributed by atoms with van der Waals surface area (Å²) in [6, 6.07) is -0.570. The summed E-state index contributed by atoms with van der Waals surface area (Å²) in [5.74, 6) is -0.119. The molecule has 6 heteroatoms. The quantitative estimate of drug-likeness (QED) is 0.0321. The van der Waals surface area contributed by atoms with E-state index in [4.69, 9.17) is 4.74 Å². The number of ether oxygens (including phenoxy) is 1. The lowest BCUT2D eigenvalue weighted by Gasteiger charge is -2.22. The Hall–Kier alpha value is -1.92. The van der Waals surface area contributed by atoms with Crippen LogP contribution in [0.1, 0.15) is 316 Å². The Labute approximate surface area is 417 Å². The molecule has 2 unspecified atom stereocenters. The van der Waals surface area contributed by atoms with Crippen molar-refractivity contribution in [2.45, 2.75) is 328 Å². The van der Waals surface area contributed by atoms with Crippen molar-refractivity contribution >= 4 is 11.9 Å². The highest BCUT2D eigenvalue weighted by Gasteiger charge is 2.20. The van der Waals surface area contributed by atoms with Crippen molar-refractivity contribution in [3.05, 3.63) is 36.5 Å². The van der Waals surface area contributed by atoms with Gasteiger partial charge in [-0.1, -0.05) is 256 Å². The zero-order valence-electron chi connectivity index (χ0n) is 44.9. The molecule has 394 valence electrons. The molecule has 0 aromatic heterocycles. The maximum Gasteiger partial charge on any atom is 0.305 e. The molecular formula is C61H115NO5. The molecule has 0 saturated heterocycles. The van der Waals surface area contributed by atoms with Crippen molar-refractivity contribution in [2.24, 2.45) is 0 Å². The molecule has 3 N–H and O–H groups in total. The van der Waals surface area contributed by atoms with E-state index >= 15 is 0 Å². The van der Waals surface area contributed by atoms with Gasteiger partial charge in [0.2, 0.25) is 5.91 Å². The van der Waals surface area contributed by atoms with Gasteiger partial charge in [-0.25, -0.2) is 0 Å². The standard InChI is InChI=1S/C61H115NO5/c1-3-5-7-9-11-13-15-17-19-21-22-23-24-25-26-27-28-29-31-33-37-41-45-49-53-59(64)58(57-63)62-60(65)54-50-46-42-38-35-36-40-44-48-52-56-67-61(66)55-51-47-43-39-34-32-30-20-18-16-14-12-10-8-6-4-2/h14,16,20,30,36,40,58-59,63-64H,3-13,15,17-19,21-29,31-35,37-39,41-57H2,1-2H3,(H,62,65)/b16-14-,30-20-,40-36-. The van der Waals surface area contributed by atoms with Gasteiger partial charge in [0, 0.05) is 12.8 Å². The van der Waals surface area contributed by atoms with E-state index in [1.165, 1.54) is 193 Å². The molecule has 0 aliphatic heterocycles. The maximum atomic E-state index is 12.5. The molecule has 0 aliphatic carbocycles. The normalized spacial score (nSPS) is 12.8. The Kier molecular flexibility index (Phi) is 55.0. The molecule has 67 heavy (non-hydrogen) atoms. The number of esters is 1. The van der Waals surface area contributed by atoms with Gasteiger partial charge in [0.1, 0.15) is 0 Å². The molecule has 0 fully saturated rings. The number of hydrogen-bond acceptors (Lipinski definition) is 5.